The van der Waals surface area contributed by atoms with Gasteiger partial charge in [0.05, 0.1) is 70.6 Å². The van der Waals surface area contributed by atoms with Gasteiger partial charge in [0, 0.05) is 159 Å². The first-order chi connectivity index (χ1) is 65.6. The summed E-state index contributed by atoms with van der Waals surface area (Å²) in [6, 6.07) is -0.137. The monoisotopic (exact) mass is 2120 g/mol. The summed E-state index contributed by atoms with van der Waals surface area (Å²) in [6.07, 6.45) is 12.6. The number of methoxy groups -OCH3 is 1. The smallest absolute Gasteiger partial charge is 0.410 e. The molecule has 0 aromatic rings. The quantitative estimate of drug-likeness (QED) is 0.0101. The Bertz CT molecular complexity index is 3760. The molecule has 826 valence electrons. The Hall–Kier alpha value is -6.34. The van der Waals surface area contributed by atoms with Crippen molar-refractivity contribution in [2.24, 2.45) is 58.2 Å². The summed E-state index contributed by atoms with van der Waals surface area (Å²) in [6.45, 7) is 59.5. The molecule has 41 nitrogen and oxygen atoms in total. The van der Waals surface area contributed by atoms with Crippen molar-refractivity contribution < 1.29 is 137 Å². The van der Waals surface area contributed by atoms with Crippen molar-refractivity contribution in [3.05, 3.63) is 23.1 Å². The van der Waals surface area contributed by atoms with Gasteiger partial charge in [-0.1, -0.05) is 11.2 Å². The molecule has 8 heterocycles. The second-order valence-electron chi connectivity index (χ2n) is 44.7. The van der Waals surface area contributed by atoms with Crippen molar-refractivity contribution in [3.63, 3.8) is 0 Å². The highest BCUT2D eigenvalue weighted by atomic mass is 32.2. The predicted octanol–water partition coefficient (Wildman–Crippen LogP) is 15.9. The highest BCUT2D eigenvalue weighted by Gasteiger charge is 2.39. The molecule has 0 spiro atoms. The number of carbonyl (C=O) groups is 10. The average Bonchev–Trinajstić information content (AvgIpc) is 0.848. The molecule has 0 aromatic carbocycles. The fourth-order valence-electron chi connectivity index (χ4n) is 15.6. The summed E-state index contributed by atoms with van der Waals surface area (Å²) in [5.41, 5.74) is 10.9. The first-order valence-corrected chi connectivity index (χ1v) is 53.2. The third-order valence-electron chi connectivity index (χ3n) is 23.1. The van der Waals surface area contributed by atoms with E-state index < -0.39 is 73.2 Å². The van der Waals surface area contributed by atoms with Crippen molar-refractivity contribution in [2.75, 3.05) is 151 Å². The molecule has 0 radical (unpaired) electrons. The number of hydrogen-bond acceptors (Lipinski definition) is 31. The lowest BCUT2D eigenvalue weighted by molar-refractivity contribution is -0.147. The van der Waals surface area contributed by atoms with Crippen molar-refractivity contribution in [1.29, 1.82) is 0 Å². The first-order valence-electron chi connectivity index (χ1n) is 49.5. The number of likely N-dealkylation sites (tertiary alicyclic amines) is 8. The van der Waals surface area contributed by atoms with Crippen molar-refractivity contribution in [1.82, 2.24) is 39.2 Å². The number of ether oxygens (including phenoxy) is 9. The van der Waals surface area contributed by atoms with E-state index in [1.165, 1.54) is 7.11 Å². The lowest BCUT2D eigenvalue weighted by atomic mass is 9.90. The van der Waals surface area contributed by atoms with Crippen LogP contribution in [0.1, 0.15) is 269 Å². The maximum Gasteiger partial charge on any atom is 0.410 e. The highest BCUT2D eigenvalue weighted by Crippen LogP contribution is 2.32. The van der Waals surface area contributed by atoms with Crippen LogP contribution >= 0.6 is 37.9 Å². The van der Waals surface area contributed by atoms with Gasteiger partial charge in [-0.25, -0.2) is 38.4 Å². The molecule has 5 N–H and O–H groups in total. The topological polar surface area (TPSA) is 495 Å². The zero-order chi connectivity index (χ0) is 109. The third kappa shape index (κ3) is 60.2. The number of azide groups is 1. The number of piperidine rings is 8. The molecule has 8 aliphatic heterocycles. The number of aliphatic hydroxyl groups excluding tert-OH is 3. The van der Waals surface area contributed by atoms with E-state index in [1.807, 2.05) is 172 Å². The number of aliphatic hydroxyl groups is 3. The van der Waals surface area contributed by atoms with Crippen molar-refractivity contribution >= 4 is 109 Å². The van der Waals surface area contributed by atoms with E-state index in [0.717, 1.165) is 89.8 Å². The van der Waals surface area contributed by atoms with Crippen molar-refractivity contribution in [2.45, 2.75) is 344 Å². The Kier molecular flexibility index (Phi) is 61.0. The van der Waals surface area contributed by atoms with E-state index in [4.69, 9.17) is 81.3 Å². The molecular formula is C96H182N12O29P4S. The number of esters is 1. The summed E-state index contributed by atoms with van der Waals surface area (Å²) < 4.78 is 94.7. The molecule has 4 unspecified atom stereocenters. The second-order valence-corrected chi connectivity index (χ2v) is 47.6. The fraction of sp³-hybridized carbons (Fsp3) is 0.875. The molecule has 0 aromatic heterocycles. The normalized spacial score (nSPS) is 19.0. The maximum absolute atomic E-state index is 12.0. The molecule has 8 saturated heterocycles. The van der Waals surface area contributed by atoms with Gasteiger partial charge in [0.2, 0.25) is 0 Å². The van der Waals surface area contributed by atoms with Crippen LogP contribution in [0.15, 0.2) is 17.8 Å². The van der Waals surface area contributed by atoms with Gasteiger partial charge in [-0.2, -0.15) is 8.42 Å². The van der Waals surface area contributed by atoms with E-state index in [0.29, 0.717) is 162 Å². The Balaban J connectivity index is 0.000000814. The summed E-state index contributed by atoms with van der Waals surface area (Å²) in [5, 5.41) is 32.0. The lowest BCUT2D eigenvalue weighted by Crippen LogP contribution is -2.46. The van der Waals surface area contributed by atoms with Gasteiger partial charge in [-0.3, -0.25) is 8.98 Å². The number of nitrogens with two attached hydrogens (primary N) is 1. The predicted molar refractivity (Wildman–Crippen MR) is 555 cm³/mol. The zero-order valence-electron chi connectivity index (χ0n) is 90.2. The Morgan fingerprint density at radius 1 is 0.387 bits per heavy atom. The Morgan fingerprint density at radius 3 is 0.859 bits per heavy atom. The number of allylic oxidation sites excluding steroid dienone is 1. The number of nitrogens with zero attached hydrogens (tertiary/aromatic N) is 11. The molecule has 0 bridgehead atoms. The van der Waals surface area contributed by atoms with Crippen LogP contribution in [0, 0.1) is 47.3 Å². The summed E-state index contributed by atoms with van der Waals surface area (Å²) in [5.74, 6) is 1.37. The van der Waals surface area contributed by atoms with Crippen molar-refractivity contribution in [3.8, 4) is 0 Å². The molecule has 9 atom stereocenters. The van der Waals surface area contributed by atoms with Crippen LogP contribution in [0.4, 0.5) is 38.4 Å². The van der Waals surface area contributed by atoms with Gasteiger partial charge in [-0.05, 0) is 310 Å². The van der Waals surface area contributed by atoms with E-state index >= 15 is 0 Å². The zero-order valence-corrected chi connectivity index (χ0v) is 95.6. The molecule has 0 aliphatic carbocycles. The van der Waals surface area contributed by atoms with Crippen LogP contribution < -0.4 is 5.73 Å². The average molecular weight is 2120 g/mol. The third-order valence-corrected chi connectivity index (χ3v) is 24.4. The minimum Gasteiger partial charge on any atom is -0.469 e. The van der Waals surface area contributed by atoms with E-state index in [2.05, 4.69) is 54.5 Å². The number of rotatable bonds is 20. The van der Waals surface area contributed by atoms with Crippen LogP contribution in [0.2, 0.25) is 0 Å². The maximum atomic E-state index is 12.0. The Morgan fingerprint density at radius 2 is 0.627 bits per heavy atom. The molecule has 142 heavy (non-hydrogen) atoms. The number of carbonyl (C=O) groups excluding carboxylic acids is 10. The molecule has 0 saturated carbocycles. The van der Waals surface area contributed by atoms with Gasteiger partial charge in [0.15, 0.2) is 0 Å². The minimum atomic E-state index is -3.54. The van der Waals surface area contributed by atoms with E-state index in [9.17, 15) is 66.6 Å². The van der Waals surface area contributed by atoms with Crippen LogP contribution in [0.25, 0.3) is 10.4 Å². The number of hydrogen-bond donors (Lipinski definition) is 4. The molecule has 8 rings (SSSR count). The summed E-state index contributed by atoms with van der Waals surface area (Å²) >= 11 is 0. The van der Waals surface area contributed by atoms with Crippen LogP contribution in [0.3, 0.4) is 0 Å². The fourth-order valence-corrected chi connectivity index (χ4v) is 17.1. The van der Waals surface area contributed by atoms with Gasteiger partial charge in [-0.15, -0.1) is 6.58 Å². The largest absolute Gasteiger partial charge is 0.469 e. The number of aldehydes is 1. The molecule has 8 amide bonds. The van der Waals surface area contributed by atoms with Gasteiger partial charge >= 0.3 is 54.7 Å². The van der Waals surface area contributed by atoms with Gasteiger partial charge in [0.25, 0.3) is 10.1 Å². The number of amides is 8. The van der Waals surface area contributed by atoms with E-state index in [1.54, 1.807) is 39.2 Å². The van der Waals surface area contributed by atoms with Crippen LogP contribution in [0.5, 0.6) is 0 Å². The van der Waals surface area contributed by atoms with E-state index in [-0.39, 0.29) is 116 Å². The molecular weight excluding hydrogens is 1940 g/mol. The molecule has 46 heteroatoms. The SMILES string of the molecule is C=CC1CCN(C(=O)OC(C)(C)C)CC1.CC(C)(C)OC(=O)N1CCC(C=O)CC1.CC(C)(C)OC(=O)N1CCC([C@@H](COP)OS(C)(=O)=O)CC1.CC(C)(C)OC(=O)N1CCC([C@@H](N)COP)CC1.CC(C)(C)OC(=O)N1CCC([C@H](COP)N=[N+]=[N-])CC1.CC(C)(C)OC(=O)N1CCC([C@H](O)CO)CC1.CC(C)(C)OC(=O)N1CCC([C@H](O)COP)CC1.COC(=O)C1CCN(C(=O)OC(C)(C)C)CC1. The molecule has 8 fully saturated rings. The van der Waals surface area contributed by atoms with Gasteiger partial charge < -0.3 is 126 Å². The van der Waals surface area contributed by atoms with Gasteiger partial charge in [0.1, 0.15) is 57.2 Å². The summed E-state index contributed by atoms with van der Waals surface area (Å²) in [7, 11) is 6.48. The van der Waals surface area contributed by atoms with Crippen LogP contribution in [-0.4, -0.2) is 350 Å². The first kappa shape index (κ1) is 134. The minimum absolute atomic E-state index is 0.0222. The highest BCUT2D eigenvalue weighted by molar-refractivity contribution is 7.86. The molecule has 8 aliphatic rings. The Labute approximate surface area is 856 Å². The standard InChI is InChI=1S/C13H26NO6PS.C12H23N4O3P.C12H25N2O3P.C12H24NO4P.C12H21NO4.C12H23NO4.C12H21NO2.C11H19NO3/c1-13(2,3)19-12(15)14-7-5-10(6-8-14)11(9-18-21)20-22(4,16)17;1-12(2,3)19-11(17)16-6-4-9(5-7-16)10(8-18-20)14-15-13;1-12(2,3)17-11(15)14-6-4-9(5-7-14)10(13)8-16-18;1-12(2,3)17-11(15)13-6-4-9(5-7-13)10(14)8-16-18;1-12(2,3)17-11(15)13-7-5-9(6-8-13)10(14)16-4;1-12(2,3)17-11(16)13-6-4-9(5-7-13)10(15)8-14;1-5-10-6-8-13(9-7-10)11(14)15-12(2,3)4;1-11(2,3)15-10(14)12-6-4-9(8-13)5-7-12/h10-11H,5-9,21H2,1-4H3;9-10H,4-8,20H2,1-3H3;9-10H,4-8,13,18H2,1-3H3;9-10,14H,4-8,18H2,1-3H3;9H,5-8H2,1-4H3;9-10,14-15H,4-8H2,1-3H3;5,10H,1,6-9H2,2-4H3;8-9H,4-7H2,1-3H3/t11-;3*10-;;10-;;/m1001.1../s1. The second kappa shape index (κ2) is 64.8. The lowest BCUT2D eigenvalue weighted by Gasteiger charge is -2.35. The van der Waals surface area contributed by atoms with Crippen LogP contribution in [-0.2, 0) is 84.6 Å². The summed E-state index contributed by atoms with van der Waals surface area (Å²) in [4.78, 5) is 133.